The fraction of sp³-hybridized carbons (Fsp3) is 0.667. The summed E-state index contributed by atoms with van der Waals surface area (Å²) in [6.45, 7) is 0. The highest BCUT2D eigenvalue weighted by atomic mass is 16.1. The molecule has 2 atom stereocenters. The van der Waals surface area contributed by atoms with Crippen LogP contribution in [0.4, 0.5) is 0 Å². The molecule has 100 valence electrons. The van der Waals surface area contributed by atoms with Gasteiger partial charge in [-0.15, -0.1) is 0 Å². The number of hydrogen-bond donors (Lipinski definition) is 1. The lowest BCUT2D eigenvalue weighted by Gasteiger charge is -2.25. The Morgan fingerprint density at radius 2 is 1.89 bits per heavy atom. The molecule has 1 aromatic heterocycles. The molecule has 0 spiro atoms. The van der Waals surface area contributed by atoms with Crippen molar-refractivity contribution in [3.05, 3.63) is 23.8 Å². The van der Waals surface area contributed by atoms with Crippen LogP contribution in [-0.4, -0.2) is 21.9 Å². The van der Waals surface area contributed by atoms with Crippen LogP contribution in [0.5, 0.6) is 0 Å². The van der Waals surface area contributed by atoms with Crippen molar-refractivity contribution >= 4 is 5.91 Å². The fourth-order valence-electron chi connectivity index (χ4n) is 3.03. The Morgan fingerprint density at radius 1 is 1.16 bits per heavy atom. The molecular weight excluding hydrogens is 238 g/mol. The van der Waals surface area contributed by atoms with E-state index in [2.05, 4.69) is 15.3 Å². The number of carbonyl (C=O) groups is 1. The predicted molar refractivity (Wildman–Crippen MR) is 70.7 cm³/mol. The maximum atomic E-state index is 12.1. The van der Waals surface area contributed by atoms with E-state index in [0.29, 0.717) is 17.5 Å². The third-order valence-corrected chi connectivity index (χ3v) is 4.79. The lowest BCUT2D eigenvalue weighted by atomic mass is 9.81. The van der Waals surface area contributed by atoms with Gasteiger partial charge in [-0.05, 0) is 31.1 Å². The molecule has 19 heavy (non-hydrogen) atoms. The number of hydrogen-bond acceptors (Lipinski definition) is 3. The van der Waals surface area contributed by atoms with Crippen LogP contribution in [0.15, 0.2) is 12.4 Å². The molecule has 4 heteroatoms. The summed E-state index contributed by atoms with van der Waals surface area (Å²) in [6.07, 6.45) is 11.0. The Hall–Kier alpha value is -1.45. The number of nitrogens with zero attached hydrogens (tertiary/aromatic N) is 2. The van der Waals surface area contributed by atoms with Crippen molar-refractivity contribution in [1.82, 2.24) is 15.3 Å². The van der Waals surface area contributed by atoms with Gasteiger partial charge < -0.3 is 5.32 Å². The van der Waals surface area contributed by atoms with Crippen LogP contribution >= 0.6 is 0 Å². The third kappa shape index (κ3) is 2.24. The lowest BCUT2D eigenvalue weighted by Crippen LogP contribution is -2.29. The standard InChI is InChI=1S/C15H19N3O/c19-15(18-13-6-12(13)9-2-1-3-9)11-7-16-14(17-8-11)10-4-5-10/h7-10,12-13H,1-6H2,(H,18,19)/t12-,13+/m0/s1. The molecule has 1 N–H and O–H groups in total. The molecule has 3 aliphatic rings. The molecule has 1 heterocycles. The minimum Gasteiger partial charge on any atom is -0.349 e. The zero-order valence-electron chi connectivity index (χ0n) is 11.0. The molecule has 3 saturated carbocycles. The van der Waals surface area contributed by atoms with E-state index in [-0.39, 0.29) is 5.91 Å². The number of aromatic nitrogens is 2. The summed E-state index contributed by atoms with van der Waals surface area (Å²) in [5.74, 6) is 3.05. The van der Waals surface area contributed by atoms with E-state index < -0.39 is 0 Å². The largest absolute Gasteiger partial charge is 0.349 e. The summed E-state index contributed by atoms with van der Waals surface area (Å²) >= 11 is 0. The van der Waals surface area contributed by atoms with Gasteiger partial charge in [0.15, 0.2) is 0 Å². The Labute approximate surface area is 113 Å². The number of carbonyl (C=O) groups excluding carboxylic acids is 1. The van der Waals surface area contributed by atoms with E-state index in [4.69, 9.17) is 0 Å². The summed E-state index contributed by atoms with van der Waals surface area (Å²) in [5, 5.41) is 3.11. The van der Waals surface area contributed by atoms with Gasteiger partial charge >= 0.3 is 0 Å². The molecule has 1 amide bonds. The molecule has 3 fully saturated rings. The van der Waals surface area contributed by atoms with Crippen molar-refractivity contribution in [1.29, 1.82) is 0 Å². The molecule has 1 aromatic rings. The van der Waals surface area contributed by atoms with Gasteiger partial charge in [-0.3, -0.25) is 4.79 Å². The first-order valence-corrected chi connectivity index (χ1v) is 7.44. The van der Waals surface area contributed by atoms with Gasteiger partial charge in [0.2, 0.25) is 0 Å². The van der Waals surface area contributed by atoms with Gasteiger partial charge in [0.25, 0.3) is 5.91 Å². The van der Waals surface area contributed by atoms with E-state index in [0.717, 1.165) is 24.1 Å². The highest BCUT2D eigenvalue weighted by Gasteiger charge is 2.45. The Bertz CT molecular complexity index is 491. The van der Waals surface area contributed by atoms with Crippen molar-refractivity contribution in [3.63, 3.8) is 0 Å². The summed E-state index contributed by atoms with van der Waals surface area (Å²) < 4.78 is 0. The zero-order chi connectivity index (χ0) is 12.8. The van der Waals surface area contributed by atoms with Crippen LogP contribution in [0.1, 0.15) is 60.6 Å². The van der Waals surface area contributed by atoms with Gasteiger partial charge in [-0.25, -0.2) is 9.97 Å². The predicted octanol–water partition coefficient (Wildman–Crippen LogP) is 2.27. The quantitative estimate of drug-likeness (QED) is 0.900. The molecule has 0 aromatic carbocycles. The Kier molecular flexibility index (Phi) is 2.57. The number of rotatable bonds is 4. The SMILES string of the molecule is O=C(N[C@@H]1C[C@H]1C1CCC1)c1cnc(C2CC2)nc1. The van der Waals surface area contributed by atoms with Crippen molar-refractivity contribution in [2.75, 3.05) is 0 Å². The third-order valence-electron chi connectivity index (χ3n) is 4.79. The normalized spacial score (nSPS) is 29.7. The Morgan fingerprint density at radius 3 is 2.47 bits per heavy atom. The molecule has 0 unspecified atom stereocenters. The van der Waals surface area contributed by atoms with E-state index in [1.807, 2.05) is 0 Å². The maximum absolute atomic E-state index is 12.1. The monoisotopic (exact) mass is 257 g/mol. The summed E-state index contributed by atoms with van der Waals surface area (Å²) in [4.78, 5) is 20.7. The minimum atomic E-state index is -0.00540. The van der Waals surface area contributed by atoms with Crippen molar-refractivity contribution < 1.29 is 4.79 Å². The van der Waals surface area contributed by atoms with Crippen LogP contribution < -0.4 is 5.32 Å². The summed E-state index contributed by atoms with van der Waals surface area (Å²) in [7, 11) is 0. The molecule has 3 aliphatic carbocycles. The molecule has 0 bridgehead atoms. The van der Waals surface area contributed by atoms with E-state index in [1.54, 1.807) is 12.4 Å². The second kappa shape index (κ2) is 4.29. The molecule has 0 saturated heterocycles. The molecule has 4 nitrogen and oxygen atoms in total. The number of nitrogens with one attached hydrogen (secondary N) is 1. The van der Waals surface area contributed by atoms with Crippen LogP contribution in [0, 0.1) is 11.8 Å². The molecular formula is C15H19N3O. The van der Waals surface area contributed by atoms with Crippen LogP contribution in [0.2, 0.25) is 0 Å². The maximum Gasteiger partial charge on any atom is 0.254 e. The molecule has 4 rings (SSSR count). The average Bonchev–Trinajstić information content (AvgIpc) is 3.23. The number of amides is 1. The van der Waals surface area contributed by atoms with Crippen molar-refractivity contribution in [3.8, 4) is 0 Å². The van der Waals surface area contributed by atoms with Gasteiger partial charge in [0.1, 0.15) is 5.82 Å². The first-order chi connectivity index (χ1) is 9.31. The smallest absolute Gasteiger partial charge is 0.254 e. The van der Waals surface area contributed by atoms with E-state index in [9.17, 15) is 4.79 Å². The highest BCUT2D eigenvalue weighted by molar-refractivity contribution is 5.94. The fourth-order valence-corrected chi connectivity index (χ4v) is 3.03. The van der Waals surface area contributed by atoms with E-state index >= 15 is 0 Å². The first kappa shape index (κ1) is 11.4. The first-order valence-electron chi connectivity index (χ1n) is 7.44. The minimum absolute atomic E-state index is 0.00540. The van der Waals surface area contributed by atoms with Gasteiger partial charge in [-0.1, -0.05) is 19.3 Å². The summed E-state index contributed by atoms with van der Waals surface area (Å²) in [5.41, 5.74) is 0.601. The zero-order valence-corrected chi connectivity index (χ0v) is 11.0. The molecule has 0 aliphatic heterocycles. The lowest BCUT2D eigenvalue weighted by molar-refractivity contribution is 0.0944. The van der Waals surface area contributed by atoms with Crippen LogP contribution in [0.3, 0.4) is 0 Å². The highest BCUT2D eigenvalue weighted by Crippen LogP contribution is 2.47. The van der Waals surface area contributed by atoms with Gasteiger partial charge in [0.05, 0.1) is 5.56 Å². The summed E-state index contributed by atoms with van der Waals surface area (Å²) in [6, 6.07) is 0.404. The second-order valence-electron chi connectivity index (χ2n) is 6.27. The van der Waals surface area contributed by atoms with Crippen LogP contribution in [-0.2, 0) is 0 Å². The van der Waals surface area contributed by atoms with Crippen molar-refractivity contribution in [2.45, 2.75) is 50.5 Å². The average molecular weight is 257 g/mol. The van der Waals surface area contributed by atoms with Crippen molar-refractivity contribution in [2.24, 2.45) is 11.8 Å². The van der Waals surface area contributed by atoms with Crippen LogP contribution in [0.25, 0.3) is 0 Å². The topological polar surface area (TPSA) is 54.9 Å². The van der Waals surface area contributed by atoms with Gasteiger partial charge in [-0.2, -0.15) is 0 Å². The Balaban J connectivity index is 1.35. The van der Waals surface area contributed by atoms with E-state index in [1.165, 1.54) is 32.1 Å². The molecule has 0 radical (unpaired) electrons. The van der Waals surface area contributed by atoms with Gasteiger partial charge in [0, 0.05) is 24.4 Å². The second-order valence-corrected chi connectivity index (χ2v) is 6.27.